The molecule has 19 heteroatoms. The van der Waals surface area contributed by atoms with Crippen LogP contribution in [0.2, 0.25) is 0 Å². The third-order valence-electron chi connectivity index (χ3n) is 14.5. The lowest BCUT2D eigenvalue weighted by molar-refractivity contribution is -0.143. The highest BCUT2D eigenvalue weighted by atomic mass is 79.9. The van der Waals surface area contributed by atoms with Crippen molar-refractivity contribution in [2.75, 3.05) is 77.0 Å². The lowest BCUT2D eigenvalue weighted by Crippen LogP contribution is -2.54. The molecule has 3 atom stereocenters. The van der Waals surface area contributed by atoms with E-state index in [1.807, 2.05) is 104 Å². The van der Waals surface area contributed by atoms with Crippen molar-refractivity contribution in [3.8, 4) is 21.9 Å². The number of anilines is 3. The Morgan fingerprint density at radius 1 is 0.923 bits per heavy atom. The lowest BCUT2D eigenvalue weighted by Gasteiger charge is -2.36. The van der Waals surface area contributed by atoms with Gasteiger partial charge < -0.3 is 54.7 Å². The monoisotopic (exact) mass is 1150 g/mol. The van der Waals surface area contributed by atoms with E-state index in [1.54, 1.807) is 22.4 Å². The Morgan fingerprint density at radius 3 is 2.35 bits per heavy atom. The van der Waals surface area contributed by atoms with Gasteiger partial charge in [-0.1, -0.05) is 63.2 Å². The Kier molecular flexibility index (Phi) is 21.3. The molecule has 5 aromatic rings. The van der Waals surface area contributed by atoms with Crippen LogP contribution in [0.5, 0.6) is 11.5 Å². The minimum Gasteiger partial charge on any atom is -0.494 e. The summed E-state index contributed by atoms with van der Waals surface area (Å²) in [6.07, 6.45) is 8.27. The van der Waals surface area contributed by atoms with E-state index in [0.717, 1.165) is 99.4 Å². The molecular formula is C59H76BrN9O8S. The molecule has 2 aliphatic heterocycles. The molecular weight excluding hydrogens is 1070 g/mol. The fourth-order valence-electron chi connectivity index (χ4n) is 9.97. The van der Waals surface area contributed by atoms with Gasteiger partial charge >= 0.3 is 0 Å². The molecule has 0 spiro atoms. The molecule has 1 saturated carbocycles. The second-order valence-electron chi connectivity index (χ2n) is 20.7. The molecule has 17 nitrogen and oxygen atoms in total. The van der Waals surface area contributed by atoms with Gasteiger partial charge in [0.25, 0.3) is 0 Å². The summed E-state index contributed by atoms with van der Waals surface area (Å²) in [5, 5.41) is 20.5. The van der Waals surface area contributed by atoms with Gasteiger partial charge in [-0.2, -0.15) is 4.98 Å². The van der Waals surface area contributed by atoms with Gasteiger partial charge in [0.05, 0.1) is 39.9 Å². The number of benzene rings is 3. The molecule has 3 amide bonds. The Hall–Kier alpha value is -6.12. The van der Waals surface area contributed by atoms with Crippen molar-refractivity contribution in [1.82, 2.24) is 35.0 Å². The van der Waals surface area contributed by atoms with Gasteiger partial charge in [-0.3, -0.25) is 14.4 Å². The zero-order chi connectivity index (χ0) is 55.0. The number of aryl methyl sites for hydroxylation is 1. The number of nitrogens with one attached hydrogen (secondary N) is 3. The van der Waals surface area contributed by atoms with Crippen LogP contribution in [0.1, 0.15) is 94.0 Å². The van der Waals surface area contributed by atoms with Gasteiger partial charge in [0.15, 0.2) is 0 Å². The smallest absolute Gasteiger partial charge is 0.246 e. The number of hydrogen-bond donors (Lipinski definition) is 4. The van der Waals surface area contributed by atoms with Crippen LogP contribution in [-0.4, -0.2) is 137 Å². The summed E-state index contributed by atoms with van der Waals surface area (Å²) in [4.78, 5) is 60.7. The molecule has 0 unspecified atom stereocenters. The van der Waals surface area contributed by atoms with E-state index in [2.05, 4.69) is 59.5 Å². The van der Waals surface area contributed by atoms with Crippen LogP contribution in [0.25, 0.3) is 16.1 Å². The van der Waals surface area contributed by atoms with E-state index in [9.17, 15) is 19.5 Å². The van der Waals surface area contributed by atoms with E-state index in [-0.39, 0.29) is 49.1 Å². The molecule has 2 aromatic heterocycles. The van der Waals surface area contributed by atoms with Gasteiger partial charge in [-0.25, -0.2) is 9.97 Å². The number of nitrogens with zero attached hydrogens (tertiary/aromatic N) is 6. The topological polar surface area (TPSA) is 193 Å². The predicted octanol–water partition coefficient (Wildman–Crippen LogP) is 9.62. The summed E-state index contributed by atoms with van der Waals surface area (Å²) in [7, 11) is 1.88. The molecule has 4 heterocycles. The van der Waals surface area contributed by atoms with Crippen LogP contribution in [-0.2, 0) is 36.9 Å². The number of carbonyl (C=O) groups is 3. The molecule has 3 aliphatic rings. The third-order valence-corrected chi connectivity index (χ3v) is 16.1. The summed E-state index contributed by atoms with van der Waals surface area (Å²) < 4.78 is 24.9. The Bertz CT molecular complexity index is 2790. The molecule has 0 bridgehead atoms. The molecule has 2 fully saturated rings. The first-order valence-electron chi connectivity index (χ1n) is 27.5. The number of thiazole rings is 1. The number of ether oxygens (including phenoxy) is 4. The number of fused-ring (bicyclic) bond motifs is 1. The van der Waals surface area contributed by atoms with E-state index in [1.165, 1.54) is 0 Å². The van der Waals surface area contributed by atoms with Crippen LogP contribution in [0, 0.1) is 18.8 Å². The third kappa shape index (κ3) is 15.6. The quantitative estimate of drug-likeness (QED) is 0.0318. The number of unbranched alkanes of at least 4 members (excludes halogenated alkanes) is 1. The maximum absolute atomic E-state index is 14.4. The average molecular weight is 1150 g/mol. The van der Waals surface area contributed by atoms with E-state index < -0.39 is 18.2 Å². The molecule has 1 saturated heterocycles. The van der Waals surface area contributed by atoms with Crippen LogP contribution in [0.4, 0.5) is 17.5 Å². The summed E-state index contributed by atoms with van der Waals surface area (Å²) >= 11 is 5.10. The number of aliphatic hydroxyl groups excluding tert-OH is 1. The Balaban J connectivity index is 0.697. The zero-order valence-electron chi connectivity index (χ0n) is 45.5. The highest BCUT2D eigenvalue weighted by Crippen LogP contribution is 2.37. The largest absolute Gasteiger partial charge is 0.494 e. The first-order valence-corrected chi connectivity index (χ1v) is 29.1. The van der Waals surface area contributed by atoms with E-state index >= 15 is 0 Å². The van der Waals surface area contributed by atoms with Crippen molar-refractivity contribution >= 4 is 68.1 Å². The first-order chi connectivity index (χ1) is 37.8. The van der Waals surface area contributed by atoms with Gasteiger partial charge in [0.1, 0.15) is 29.4 Å². The molecule has 4 N–H and O–H groups in total. The number of β-amino-alcohol motifs (C(OH)–C–C–N with tert-alkyl or cyclic N) is 1. The predicted molar refractivity (Wildman–Crippen MR) is 309 cm³/mol. The first kappa shape index (κ1) is 58.0. The Labute approximate surface area is 471 Å². The highest BCUT2D eigenvalue weighted by Gasteiger charge is 2.44. The van der Waals surface area contributed by atoms with Gasteiger partial charge in [-0.05, 0) is 102 Å². The maximum Gasteiger partial charge on any atom is 0.246 e. The van der Waals surface area contributed by atoms with Gasteiger partial charge in [0.2, 0.25) is 23.7 Å². The molecule has 3 aromatic carbocycles. The second-order valence-corrected chi connectivity index (χ2v) is 22.4. The van der Waals surface area contributed by atoms with E-state index in [4.69, 9.17) is 18.9 Å². The van der Waals surface area contributed by atoms with Crippen molar-refractivity contribution in [1.29, 1.82) is 0 Å². The summed E-state index contributed by atoms with van der Waals surface area (Å²) in [6, 6.07) is 20.3. The minimum atomic E-state index is -0.815. The van der Waals surface area contributed by atoms with Crippen molar-refractivity contribution in [3.05, 3.63) is 112 Å². The number of likely N-dealkylation sites (tertiary alicyclic amines) is 1. The highest BCUT2D eigenvalue weighted by molar-refractivity contribution is 9.10. The summed E-state index contributed by atoms with van der Waals surface area (Å²) in [5.41, 5.74) is 8.31. The standard InChI is InChI=1S/C59H76BrN9O8S/c1-39(2)53(68-36-45-14-6-7-17-49(45)41(68)4)58(73)69-37-47(70)33-51(69)56(71)62-34-44-19-18-43(54-40(3)64-38-78-54)32-52(44)77-31-13-29-75-27-9-8-26-74-28-12-30-76-48-22-20-46(21-23-48)65-59-63-35-50(60)55(66-59)61-24-11-25-67(5)57(72)42-15-10-16-42/h6-7,14,17-23,32,35,38-39,42,47,51,53,70H,4,8-13,15-16,24-31,33-34,36-37H2,1-3,5H3,(H,62,71)(H2,61,63,65,66)/t47-,51+,53+/m1/s1. The van der Waals surface area contributed by atoms with Crippen LogP contribution in [0.15, 0.2) is 89.5 Å². The molecule has 0 radical (unpaired) electrons. The number of rotatable bonds is 30. The minimum absolute atomic E-state index is 0.0628. The van der Waals surface area contributed by atoms with Gasteiger partial charge in [-0.15, -0.1) is 11.3 Å². The van der Waals surface area contributed by atoms with Crippen molar-refractivity contribution in [3.63, 3.8) is 0 Å². The fourth-order valence-corrected chi connectivity index (χ4v) is 11.1. The number of halogens is 1. The molecule has 1 aliphatic carbocycles. The summed E-state index contributed by atoms with van der Waals surface area (Å²) in [5.74, 6) is 2.48. The summed E-state index contributed by atoms with van der Waals surface area (Å²) in [6.45, 7) is 15.9. The van der Waals surface area contributed by atoms with Crippen LogP contribution >= 0.6 is 27.3 Å². The SMILES string of the molecule is C=C1c2ccccc2CN1[C@H](C(=O)N1C[C@H](O)C[C@H]1C(=O)NCc1ccc(-c2scnc2C)cc1OCCCOCCCCOCCCOc1ccc(Nc2ncc(Br)c(NCCCN(C)C(=O)C3CCC3)n2)cc1)C(C)C. The second kappa shape index (κ2) is 28.7. The molecule has 8 rings (SSSR count). The molecule has 78 heavy (non-hydrogen) atoms. The van der Waals surface area contributed by atoms with Crippen molar-refractivity contribution in [2.45, 2.75) is 110 Å². The van der Waals surface area contributed by atoms with Crippen LogP contribution < -0.4 is 25.4 Å². The normalized spacial score (nSPS) is 16.5. The van der Waals surface area contributed by atoms with Crippen LogP contribution in [0.3, 0.4) is 0 Å². The fraction of sp³-hybridized carbons (Fsp3) is 0.492. The number of carbonyl (C=O) groups excluding carboxylic acids is 3. The lowest BCUT2D eigenvalue weighted by atomic mass is 9.84. The average Bonchev–Trinajstić information content (AvgIpc) is 4.14. The Morgan fingerprint density at radius 2 is 1.65 bits per heavy atom. The molecule has 418 valence electrons. The number of aliphatic hydroxyl groups is 1. The number of hydrogen-bond acceptors (Lipinski definition) is 15. The number of aromatic nitrogens is 3. The van der Waals surface area contributed by atoms with E-state index in [0.29, 0.717) is 83.2 Å². The van der Waals surface area contributed by atoms with Crippen molar-refractivity contribution < 1.29 is 38.4 Å². The zero-order valence-corrected chi connectivity index (χ0v) is 47.9. The van der Waals surface area contributed by atoms with Gasteiger partial charge in [0, 0.05) is 120 Å². The van der Waals surface area contributed by atoms with Crippen molar-refractivity contribution in [2.24, 2.45) is 11.8 Å². The maximum atomic E-state index is 14.4. The number of amides is 3.